The molecule has 108 valence electrons. The van der Waals surface area contributed by atoms with Gasteiger partial charge in [0.15, 0.2) is 0 Å². The van der Waals surface area contributed by atoms with Crippen LogP contribution in [0.5, 0.6) is 0 Å². The average molecular weight is 282 g/mol. The lowest BCUT2D eigenvalue weighted by Crippen LogP contribution is -2.14. The summed E-state index contributed by atoms with van der Waals surface area (Å²) >= 11 is 0. The van der Waals surface area contributed by atoms with Crippen LogP contribution < -0.4 is 5.32 Å². The lowest BCUT2D eigenvalue weighted by molar-refractivity contribution is 0.704. The fourth-order valence-corrected chi connectivity index (χ4v) is 2.23. The first kappa shape index (κ1) is 13.6. The van der Waals surface area contributed by atoms with E-state index in [1.54, 1.807) is 4.68 Å². The number of aromatic nitrogens is 5. The van der Waals surface area contributed by atoms with Crippen LogP contribution in [0.2, 0.25) is 0 Å². The van der Waals surface area contributed by atoms with Crippen molar-refractivity contribution in [3.05, 3.63) is 42.0 Å². The first-order valence-electron chi connectivity index (χ1n) is 7.02. The Morgan fingerprint density at radius 2 is 2.05 bits per heavy atom. The Kier molecular flexibility index (Phi) is 3.62. The molecule has 0 aliphatic heterocycles. The van der Waals surface area contributed by atoms with Gasteiger partial charge in [-0.25, -0.2) is 14.6 Å². The van der Waals surface area contributed by atoms with E-state index in [4.69, 9.17) is 0 Å². The van der Waals surface area contributed by atoms with Crippen molar-refractivity contribution < 1.29 is 0 Å². The fraction of sp³-hybridized carbons (Fsp3) is 0.333. The standard InChI is InChI=1S/C15H18N6/c1-10(2)15-17-9-14(12(18-15)8-16-3)21-13-7-5-4-6-11(13)19-20-21/h4-7,9-10,16H,8H2,1-3H3. The van der Waals surface area contributed by atoms with Gasteiger partial charge in [0.1, 0.15) is 17.0 Å². The van der Waals surface area contributed by atoms with Gasteiger partial charge in [0.25, 0.3) is 0 Å². The molecule has 2 heterocycles. The third kappa shape index (κ3) is 2.50. The van der Waals surface area contributed by atoms with Gasteiger partial charge in [0, 0.05) is 12.5 Å². The third-order valence-corrected chi connectivity index (χ3v) is 3.30. The molecule has 6 nitrogen and oxygen atoms in total. The maximum Gasteiger partial charge on any atom is 0.131 e. The minimum Gasteiger partial charge on any atom is -0.314 e. The summed E-state index contributed by atoms with van der Waals surface area (Å²) in [5, 5.41) is 11.6. The van der Waals surface area contributed by atoms with E-state index in [1.165, 1.54) is 0 Å². The predicted octanol–water partition coefficient (Wildman–Crippen LogP) is 2.05. The van der Waals surface area contributed by atoms with E-state index in [1.807, 2.05) is 37.5 Å². The van der Waals surface area contributed by atoms with Crippen LogP contribution in [0.1, 0.15) is 31.3 Å². The van der Waals surface area contributed by atoms with Crippen LogP contribution in [0.15, 0.2) is 30.5 Å². The van der Waals surface area contributed by atoms with E-state index in [-0.39, 0.29) is 0 Å². The normalized spacial score (nSPS) is 11.4. The number of nitrogens with zero attached hydrogens (tertiary/aromatic N) is 5. The Bertz CT molecular complexity index is 762. The van der Waals surface area contributed by atoms with Crippen molar-refractivity contribution in [2.24, 2.45) is 0 Å². The van der Waals surface area contributed by atoms with E-state index >= 15 is 0 Å². The fourth-order valence-electron chi connectivity index (χ4n) is 2.23. The number of hydrogen-bond donors (Lipinski definition) is 1. The summed E-state index contributed by atoms with van der Waals surface area (Å²) in [5.74, 6) is 1.13. The highest BCUT2D eigenvalue weighted by molar-refractivity contribution is 5.76. The SMILES string of the molecule is CNCc1nc(C(C)C)ncc1-n1nnc2ccccc21. The molecule has 0 saturated heterocycles. The van der Waals surface area contributed by atoms with E-state index in [0.717, 1.165) is 28.2 Å². The van der Waals surface area contributed by atoms with Crippen molar-refractivity contribution in [2.75, 3.05) is 7.05 Å². The van der Waals surface area contributed by atoms with Crippen LogP contribution in [0.3, 0.4) is 0 Å². The molecule has 0 aliphatic rings. The zero-order valence-electron chi connectivity index (χ0n) is 12.4. The number of benzene rings is 1. The van der Waals surface area contributed by atoms with Gasteiger partial charge >= 0.3 is 0 Å². The van der Waals surface area contributed by atoms with Gasteiger partial charge in [-0.2, -0.15) is 0 Å². The summed E-state index contributed by atoms with van der Waals surface area (Å²) < 4.78 is 1.80. The molecule has 6 heteroatoms. The Morgan fingerprint density at radius 1 is 1.24 bits per heavy atom. The van der Waals surface area contributed by atoms with Gasteiger partial charge < -0.3 is 5.32 Å². The van der Waals surface area contributed by atoms with Gasteiger partial charge in [-0.1, -0.05) is 31.2 Å². The molecule has 3 aromatic rings. The molecule has 1 aromatic carbocycles. The molecule has 0 amide bonds. The molecule has 0 radical (unpaired) electrons. The van der Waals surface area contributed by atoms with E-state index in [2.05, 4.69) is 39.4 Å². The summed E-state index contributed by atoms with van der Waals surface area (Å²) in [6.07, 6.45) is 1.83. The number of fused-ring (bicyclic) bond motifs is 1. The molecule has 2 aromatic heterocycles. The predicted molar refractivity (Wildman–Crippen MR) is 81.3 cm³/mol. The second kappa shape index (κ2) is 5.57. The molecule has 21 heavy (non-hydrogen) atoms. The zero-order chi connectivity index (χ0) is 14.8. The molecule has 0 saturated carbocycles. The molecule has 0 fully saturated rings. The topological polar surface area (TPSA) is 68.5 Å². The molecule has 0 bridgehead atoms. The highest BCUT2D eigenvalue weighted by atomic mass is 15.4. The summed E-state index contributed by atoms with van der Waals surface area (Å²) in [5.41, 5.74) is 3.60. The maximum absolute atomic E-state index is 4.66. The van der Waals surface area contributed by atoms with Crippen molar-refractivity contribution >= 4 is 11.0 Å². The molecule has 0 spiro atoms. The van der Waals surface area contributed by atoms with Gasteiger partial charge in [-0.15, -0.1) is 5.10 Å². The van der Waals surface area contributed by atoms with Gasteiger partial charge in [-0.05, 0) is 19.2 Å². The zero-order valence-corrected chi connectivity index (χ0v) is 12.4. The lowest BCUT2D eigenvalue weighted by Gasteiger charge is -2.11. The summed E-state index contributed by atoms with van der Waals surface area (Å²) in [6, 6.07) is 7.87. The van der Waals surface area contributed by atoms with Crippen LogP contribution in [0, 0.1) is 0 Å². The lowest BCUT2D eigenvalue weighted by atomic mass is 10.2. The largest absolute Gasteiger partial charge is 0.314 e. The number of nitrogens with one attached hydrogen (secondary N) is 1. The highest BCUT2D eigenvalue weighted by Gasteiger charge is 2.14. The van der Waals surface area contributed by atoms with Crippen molar-refractivity contribution in [1.82, 2.24) is 30.3 Å². The molecular weight excluding hydrogens is 264 g/mol. The van der Waals surface area contributed by atoms with Crippen LogP contribution >= 0.6 is 0 Å². The van der Waals surface area contributed by atoms with Crippen LogP contribution in [0.25, 0.3) is 16.7 Å². The third-order valence-electron chi connectivity index (χ3n) is 3.30. The van der Waals surface area contributed by atoms with E-state index in [0.29, 0.717) is 12.5 Å². The van der Waals surface area contributed by atoms with Crippen molar-refractivity contribution in [3.63, 3.8) is 0 Å². The molecule has 3 rings (SSSR count). The maximum atomic E-state index is 4.66. The molecular formula is C15H18N6. The summed E-state index contributed by atoms with van der Waals surface area (Å²) in [4.78, 5) is 9.12. The Labute approximate surface area is 123 Å². The monoisotopic (exact) mass is 282 g/mol. The van der Waals surface area contributed by atoms with Crippen molar-refractivity contribution in [1.29, 1.82) is 0 Å². The second-order valence-corrected chi connectivity index (χ2v) is 5.24. The van der Waals surface area contributed by atoms with Gasteiger partial charge in [0.2, 0.25) is 0 Å². The number of hydrogen-bond acceptors (Lipinski definition) is 5. The van der Waals surface area contributed by atoms with E-state index < -0.39 is 0 Å². The Hall–Kier alpha value is -2.34. The first-order valence-corrected chi connectivity index (χ1v) is 7.02. The summed E-state index contributed by atoms with van der Waals surface area (Å²) in [7, 11) is 1.90. The van der Waals surface area contributed by atoms with Crippen LogP contribution in [-0.2, 0) is 6.54 Å². The quantitative estimate of drug-likeness (QED) is 0.793. The van der Waals surface area contributed by atoms with Crippen molar-refractivity contribution in [2.45, 2.75) is 26.3 Å². The molecule has 0 unspecified atom stereocenters. The number of para-hydroxylation sites is 1. The molecule has 1 N–H and O–H groups in total. The Morgan fingerprint density at radius 3 is 2.81 bits per heavy atom. The Balaban J connectivity index is 2.17. The first-order chi connectivity index (χ1) is 10.2. The van der Waals surface area contributed by atoms with Crippen molar-refractivity contribution in [3.8, 4) is 5.69 Å². The van der Waals surface area contributed by atoms with Gasteiger partial charge in [0.05, 0.1) is 17.4 Å². The minimum absolute atomic E-state index is 0.294. The average Bonchev–Trinajstić information content (AvgIpc) is 2.91. The smallest absolute Gasteiger partial charge is 0.131 e. The minimum atomic E-state index is 0.294. The van der Waals surface area contributed by atoms with Gasteiger partial charge in [-0.3, -0.25) is 0 Å². The van der Waals surface area contributed by atoms with Crippen LogP contribution in [-0.4, -0.2) is 32.0 Å². The number of rotatable bonds is 4. The highest BCUT2D eigenvalue weighted by Crippen LogP contribution is 2.19. The second-order valence-electron chi connectivity index (χ2n) is 5.24. The molecule has 0 atom stereocenters. The summed E-state index contributed by atoms with van der Waals surface area (Å²) in [6.45, 7) is 4.83. The molecule has 0 aliphatic carbocycles. The van der Waals surface area contributed by atoms with E-state index in [9.17, 15) is 0 Å². The van der Waals surface area contributed by atoms with Crippen LogP contribution in [0.4, 0.5) is 0 Å².